The van der Waals surface area contributed by atoms with Crippen LogP contribution < -0.4 is 0 Å². The first-order valence-corrected chi connectivity index (χ1v) is 12.0. The molecule has 0 radical (unpaired) electrons. The van der Waals surface area contributed by atoms with Crippen LogP contribution in [0.15, 0.2) is 65.7 Å². The van der Waals surface area contributed by atoms with Crippen LogP contribution in [0.5, 0.6) is 0 Å². The van der Waals surface area contributed by atoms with E-state index in [1.54, 1.807) is 11.8 Å². The van der Waals surface area contributed by atoms with Crippen molar-refractivity contribution in [2.75, 3.05) is 7.11 Å². The number of ether oxygens (including phenoxy) is 2. The summed E-state index contributed by atoms with van der Waals surface area (Å²) in [4.78, 5) is 18.5. The normalized spacial score (nSPS) is 31.0. The van der Waals surface area contributed by atoms with Gasteiger partial charge in [-0.15, -0.1) is 0 Å². The third-order valence-electron chi connectivity index (χ3n) is 6.34. The number of rotatable bonds is 3. The summed E-state index contributed by atoms with van der Waals surface area (Å²) in [5.74, 6) is -0.649. The minimum atomic E-state index is -1.76. The lowest BCUT2D eigenvalue weighted by molar-refractivity contribution is -0.164. The zero-order chi connectivity index (χ0) is 21.5. The van der Waals surface area contributed by atoms with Crippen LogP contribution in [0.1, 0.15) is 42.2 Å². The average Bonchev–Trinajstić information content (AvgIpc) is 3.53. The van der Waals surface area contributed by atoms with Crippen LogP contribution in [0.2, 0.25) is 0 Å². The summed E-state index contributed by atoms with van der Waals surface area (Å²) in [5.41, 5.74) is -0.871. The first kappa shape index (κ1) is 20.6. The molecule has 158 valence electrons. The summed E-state index contributed by atoms with van der Waals surface area (Å²) in [6, 6.07) is 22.0. The monoisotopic (exact) mass is 450 g/mol. The van der Waals surface area contributed by atoms with E-state index < -0.39 is 26.6 Å². The van der Waals surface area contributed by atoms with Crippen LogP contribution in [0.25, 0.3) is 0 Å². The van der Waals surface area contributed by atoms with Gasteiger partial charge in [-0.3, -0.25) is 4.99 Å². The number of hydrogen-bond acceptors (Lipinski definition) is 7. The second-order valence-corrected chi connectivity index (χ2v) is 10.7. The molecular formula is C24H22N2O3S2. The van der Waals surface area contributed by atoms with Crippen LogP contribution in [-0.4, -0.2) is 33.3 Å². The van der Waals surface area contributed by atoms with Crippen molar-refractivity contribution in [1.82, 2.24) is 0 Å². The molecule has 2 aliphatic heterocycles. The molecule has 2 aromatic rings. The molecule has 0 aromatic heterocycles. The van der Waals surface area contributed by atoms with Gasteiger partial charge >= 0.3 is 5.97 Å². The Balaban J connectivity index is 1.68. The molecule has 2 heterocycles. The van der Waals surface area contributed by atoms with Crippen molar-refractivity contribution >= 4 is 34.5 Å². The molecule has 0 amide bonds. The Kier molecular flexibility index (Phi) is 5.12. The maximum atomic E-state index is 13.2. The van der Waals surface area contributed by atoms with E-state index in [4.69, 9.17) is 14.5 Å². The number of carbonyl (C=O) groups is 1. The van der Waals surface area contributed by atoms with Gasteiger partial charge < -0.3 is 9.47 Å². The van der Waals surface area contributed by atoms with Gasteiger partial charge in [-0.2, -0.15) is 5.26 Å². The van der Waals surface area contributed by atoms with E-state index in [9.17, 15) is 10.1 Å². The van der Waals surface area contributed by atoms with E-state index in [1.807, 2.05) is 60.7 Å². The van der Waals surface area contributed by atoms with Crippen molar-refractivity contribution in [2.24, 2.45) is 4.99 Å². The first-order chi connectivity index (χ1) is 15.1. The first-order valence-electron chi connectivity index (χ1n) is 10.3. The smallest absolute Gasteiger partial charge is 0.355 e. The van der Waals surface area contributed by atoms with Crippen molar-refractivity contribution in [1.29, 1.82) is 5.26 Å². The number of benzene rings is 2. The highest BCUT2D eigenvalue weighted by molar-refractivity contribution is 8.27. The fourth-order valence-electron chi connectivity index (χ4n) is 4.87. The molecule has 5 nitrogen and oxygen atoms in total. The van der Waals surface area contributed by atoms with E-state index in [-0.39, 0.29) is 0 Å². The molecule has 1 saturated carbocycles. The van der Waals surface area contributed by atoms with E-state index in [0.717, 1.165) is 41.9 Å². The zero-order valence-corrected chi connectivity index (χ0v) is 18.7. The number of esters is 1. The van der Waals surface area contributed by atoms with E-state index in [2.05, 4.69) is 6.07 Å². The highest BCUT2D eigenvalue weighted by Gasteiger charge is 2.78. The van der Waals surface area contributed by atoms with Crippen molar-refractivity contribution < 1.29 is 14.3 Å². The Hall–Kier alpha value is -2.27. The molecule has 1 saturated heterocycles. The molecule has 0 unspecified atom stereocenters. The lowest BCUT2D eigenvalue weighted by atomic mass is 9.82. The number of methoxy groups -OCH3 is 1. The van der Waals surface area contributed by atoms with Crippen LogP contribution in [0.4, 0.5) is 0 Å². The maximum Gasteiger partial charge on any atom is 0.355 e. The highest BCUT2D eigenvalue weighted by atomic mass is 32.2. The van der Waals surface area contributed by atoms with Gasteiger partial charge in [-0.05, 0) is 18.4 Å². The van der Waals surface area contributed by atoms with E-state index in [0.29, 0.717) is 0 Å². The number of carbonyl (C=O) groups excluding carboxylic acids is 1. The Morgan fingerprint density at radius 2 is 1.77 bits per heavy atom. The van der Waals surface area contributed by atoms with Crippen LogP contribution in [0.3, 0.4) is 0 Å². The Labute approximate surface area is 190 Å². The van der Waals surface area contributed by atoms with Crippen LogP contribution in [-0.2, 0) is 14.3 Å². The molecule has 0 N–H and O–H groups in total. The fourth-order valence-corrected chi connectivity index (χ4v) is 8.67. The quantitative estimate of drug-likeness (QED) is 0.607. The maximum absolute atomic E-state index is 13.2. The van der Waals surface area contributed by atoms with Crippen LogP contribution in [0, 0.1) is 11.3 Å². The number of hydrogen-bond donors (Lipinski definition) is 0. The molecule has 2 spiro atoms. The van der Waals surface area contributed by atoms with Crippen molar-refractivity contribution in [3.8, 4) is 6.07 Å². The van der Waals surface area contributed by atoms with Gasteiger partial charge in [0.15, 0.2) is 0 Å². The summed E-state index contributed by atoms with van der Waals surface area (Å²) in [6.45, 7) is 0. The molecule has 1 aliphatic carbocycles. The molecule has 2 fully saturated rings. The largest absolute Gasteiger partial charge is 0.466 e. The van der Waals surface area contributed by atoms with Gasteiger partial charge in [0.2, 0.25) is 0 Å². The standard InChI is InChI=1S/C24H22N2O3S2/c1-28-21(27)23(16-25)24(31-20(29-23)18-12-6-3-7-13-18)22(14-8-9-15-22)26-19(30-24)17-10-4-2-5-11-17/h2-7,10-13,20H,8-9,14-15H2,1H3/t20-,23+,24+/m0/s1. The number of nitriles is 1. The predicted molar refractivity (Wildman–Crippen MR) is 123 cm³/mol. The molecule has 0 bridgehead atoms. The lowest BCUT2D eigenvalue weighted by Gasteiger charge is -2.42. The highest BCUT2D eigenvalue weighted by Crippen LogP contribution is 2.72. The molecule has 3 atom stereocenters. The zero-order valence-electron chi connectivity index (χ0n) is 17.1. The van der Waals surface area contributed by atoms with Gasteiger partial charge in [0.1, 0.15) is 20.6 Å². The van der Waals surface area contributed by atoms with E-state index in [1.165, 1.54) is 18.9 Å². The average molecular weight is 451 g/mol. The number of thioether (sulfide) groups is 2. The van der Waals surface area contributed by atoms with Gasteiger partial charge in [0.25, 0.3) is 5.60 Å². The third kappa shape index (κ3) is 2.89. The minimum Gasteiger partial charge on any atom is -0.466 e. The summed E-state index contributed by atoms with van der Waals surface area (Å²) in [5, 5.41) is 11.3. The summed E-state index contributed by atoms with van der Waals surface area (Å²) in [7, 11) is 1.32. The summed E-state index contributed by atoms with van der Waals surface area (Å²) < 4.78 is 10.6. The van der Waals surface area contributed by atoms with Gasteiger partial charge in [-0.25, -0.2) is 4.79 Å². The topological polar surface area (TPSA) is 71.7 Å². The molecule has 7 heteroatoms. The molecule has 3 aliphatic rings. The van der Waals surface area contributed by atoms with Crippen molar-refractivity contribution in [3.63, 3.8) is 0 Å². The van der Waals surface area contributed by atoms with Gasteiger partial charge in [-0.1, -0.05) is 97.0 Å². The predicted octanol–water partition coefficient (Wildman–Crippen LogP) is 5.09. The second-order valence-electron chi connectivity index (χ2n) is 8.00. The SMILES string of the molecule is COC(=O)[C@@]1(C#N)O[C@H](c2ccccc2)S[C@@]12SC(c1ccccc1)=NC21CCCC1. The second kappa shape index (κ2) is 7.70. The minimum absolute atomic E-state index is 0.463. The summed E-state index contributed by atoms with van der Waals surface area (Å²) >= 11 is 3.05. The molecule has 31 heavy (non-hydrogen) atoms. The number of nitrogens with zero attached hydrogens (tertiary/aromatic N) is 2. The Morgan fingerprint density at radius 1 is 1.13 bits per heavy atom. The Bertz CT molecular complexity index is 1060. The van der Waals surface area contributed by atoms with Crippen molar-refractivity contribution in [2.45, 2.75) is 46.3 Å². The van der Waals surface area contributed by atoms with Crippen LogP contribution >= 0.6 is 23.5 Å². The molecule has 2 aromatic carbocycles. The fraction of sp³-hybridized carbons (Fsp3) is 0.375. The molecule has 5 rings (SSSR count). The number of aliphatic imine (C=N–C) groups is 1. The van der Waals surface area contributed by atoms with Gasteiger partial charge in [0.05, 0.1) is 12.6 Å². The van der Waals surface area contributed by atoms with Gasteiger partial charge in [0, 0.05) is 5.56 Å². The summed E-state index contributed by atoms with van der Waals surface area (Å²) in [6.07, 6.45) is 3.64. The lowest BCUT2D eigenvalue weighted by Crippen LogP contribution is -2.61. The number of fused-ring (bicyclic) bond motifs is 1. The molecular weight excluding hydrogens is 428 g/mol. The third-order valence-corrected chi connectivity index (χ3v) is 9.94. The van der Waals surface area contributed by atoms with E-state index >= 15 is 0 Å². The van der Waals surface area contributed by atoms with Crippen molar-refractivity contribution in [3.05, 3.63) is 71.8 Å². The Morgan fingerprint density at radius 3 is 2.39 bits per heavy atom.